The Morgan fingerprint density at radius 3 is 2.50 bits per heavy atom. The Labute approximate surface area is 118 Å². The number of aromatic nitrogens is 1. The predicted molar refractivity (Wildman–Crippen MR) is 65.4 cm³/mol. The molecule has 1 aromatic rings. The molecule has 0 aliphatic carbocycles. The van der Waals surface area contributed by atoms with Crippen LogP contribution in [0.4, 0.5) is 13.2 Å². The maximum Gasteiger partial charge on any atom is 0.417 e. The first kappa shape index (κ1) is 15.1. The lowest BCUT2D eigenvalue weighted by Crippen LogP contribution is -2.54. The van der Waals surface area contributed by atoms with Crippen LogP contribution in [0, 0.1) is 0 Å². The molecule has 1 aliphatic heterocycles. The summed E-state index contributed by atoms with van der Waals surface area (Å²) >= 11 is 5.83. The second-order valence-corrected chi connectivity index (χ2v) is 5.08. The fraction of sp³-hybridized carbons (Fsp3) is 0.500. The van der Waals surface area contributed by atoms with Crippen molar-refractivity contribution in [1.29, 1.82) is 0 Å². The molecule has 4 nitrogen and oxygen atoms in total. The molecule has 0 aromatic carbocycles. The van der Waals surface area contributed by atoms with Gasteiger partial charge >= 0.3 is 6.18 Å². The van der Waals surface area contributed by atoms with Crippen LogP contribution >= 0.6 is 11.6 Å². The molecule has 8 heteroatoms. The second-order valence-electron chi connectivity index (χ2n) is 4.68. The fourth-order valence-electron chi connectivity index (χ4n) is 2.08. The Bertz CT molecular complexity index is 514. The van der Waals surface area contributed by atoms with Gasteiger partial charge in [-0.1, -0.05) is 11.6 Å². The van der Waals surface area contributed by atoms with Crippen LogP contribution in [-0.4, -0.2) is 45.8 Å². The van der Waals surface area contributed by atoms with Crippen molar-refractivity contribution in [2.45, 2.75) is 24.6 Å². The molecule has 1 amide bonds. The van der Waals surface area contributed by atoms with E-state index in [0.29, 0.717) is 0 Å². The number of piperidine rings is 1. The van der Waals surface area contributed by atoms with Crippen molar-refractivity contribution in [3.63, 3.8) is 0 Å². The molecule has 0 bridgehead atoms. The van der Waals surface area contributed by atoms with Gasteiger partial charge in [0.25, 0.3) is 5.91 Å². The summed E-state index contributed by atoms with van der Waals surface area (Å²) in [5.74, 6) is -0.457. The Morgan fingerprint density at radius 1 is 1.40 bits per heavy atom. The maximum absolute atomic E-state index is 12.7. The van der Waals surface area contributed by atoms with E-state index in [1.807, 2.05) is 0 Å². The second kappa shape index (κ2) is 5.21. The van der Waals surface area contributed by atoms with Crippen LogP contribution in [0.2, 0.25) is 5.02 Å². The van der Waals surface area contributed by atoms with Crippen LogP contribution in [0.5, 0.6) is 0 Å². The number of carbonyl (C=O) groups is 1. The number of hydrogen-bond acceptors (Lipinski definition) is 3. The Hall–Kier alpha value is -1.34. The topological polar surface area (TPSA) is 53.4 Å². The van der Waals surface area contributed by atoms with E-state index in [1.54, 1.807) is 0 Å². The summed E-state index contributed by atoms with van der Waals surface area (Å²) < 4.78 is 38.0. The van der Waals surface area contributed by atoms with Gasteiger partial charge in [0.05, 0.1) is 10.6 Å². The van der Waals surface area contributed by atoms with Gasteiger partial charge in [-0.05, 0) is 6.07 Å². The van der Waals surface area contributed by atoms with Gasteiger partial charge in [-0.3, -0.25) is 9.78 Å². The van der Waals surface area contributed by atoms with Gasteiger partial charge in [-0.15, -0.1) is 0 Å². The third-order valence-electron chi connectivity index (χ3n) is 3.41. The van der Waals surface area contributed by atoms with Gasteiger partial charge in [-0.2, -0.15) is 13.2 Å². The lowest BCUT2D eigenvalue weighted by molar-refractivity contribution is -0.271. The number of alkyl halides is 3. The highest BCUT2D eigenvalue weighted by Gasteiger charge is 2.54. The molecule has 20 heavy (non-hydrogen) atoms. The zero-order valence-electron chi connectivity index (χ0n) is 10.3. The van der Waals surface area contributed by atoms with Crippen LogP contribution in [0.1, 0.15) is 23.2 Å². The number of rotatable bonds is 1. The highest BCUT2D eigenvalue weighted by Crippen LogP contribution is 2.38. The molecule has 1 aliphatic rings. The number of carbonyl (C=O) groups excluding carboxylic acids is 1. The summed E-state index contributed by atoms with van der Waals surface area (Å²) in [6, 6.07) is 1.41. The minimum Gasteiger partial charge on any atom is -0.380 e. The molecule has 1 saturated heterocycles. The minimum atomic E-state index is -4.68. The molecule has 2 rings (SSSR count). The molecule has 1 N–H and O–H groups in total. The molecule has 0 radical (unpaired) electrons. The minimum absolute atomic E-state index is 0.147. The smallest absolute Gasteiger partial charge is 0.380 e. The van der Waals surface area contributed by atoms with Gasteiger partial charge in [0, 0.05) is 38.3 Å². The number of nitrogens with zero attached hydrogens (tertiary/aromatic N) is 2. The number of aliphatic hydroxyl groups is 1. The maximum atomic E-state index is 12.7. The Morgan fingerprint density at radius 2 is 2.00 bits per heavy atom. The molecule has 2 heterocycles. The highest BCUT2D eigenvalue weighted by atomic mass is 35.5. The lowest BCUT2D eigenvalue weighted by Gasteiger charge is -2.39. The average molecular weight is 309 g/mol. The van der Waals surface area contributed by atoms with E-state index >= 15 is 0 Å². The quantitative estimate of drug-likeness (QED) is 0.866. The lowest BCUT2D eigenvalue weighted by atomic mass is 9.90. The van der Waals surface area contributed by atoms with Crippen molar-refractivity contribution in [2.75, 3.05) is 13.1 Å². The summed E-state index contributed by atoms with van der Waals surface area (Å²) in [4.78, 5) is 17.1. The van der Waals surface area contributed by atoms with Gasteiger partial charge in [-0.25, -0.2) is 0 Å². The van der Waals surface area contributed by atoms with Crippen LogP contribution in [0.25, 0.3) is 0 Å². The molecule has 0 saturated carbocycles. The average Bonchev–Trinajstić information content (AvgIpc) is 2.38. The van der Waals surface area contributed by atoms with Gasteiger partial charge in [0.15, 0.2) is 5.60 Å². The SMILES string of the molecule is O=C(c1ccncc1Cl)N1CCC(O)(C(F)(F)F)CC1. The monoisotopic (exact) mass is 308 g/mol. The molecule has 1 aromatic heterocycles. The standard InChI is InChI=1S/C12H12ClF3N2O2/c13-9-7-17-4-1-8(9)10(19)18-5-2-11(20,3-6-18)12(14,15)16/h1,4,7,20H,2-3,5-6H2. The largest absolute Gasteiger partial charge is 0.417 e. The summed E-state index contributed by atoms with van der Waals surface area (Å²) in [6.07, 6.45) is -3.08. The molecular weight excluding hydrogens is 297 g/mol. The van der Waals surface area contributed by atoms with Crippen molar-refractivity contribution < 1.29 is 23.1 Å². The van der Waals surface area contributed by atoms with Crippen molar-refractivity contribution in [3.8, 4) is 0 Å². The van der Waals surface area contributed by atoms with Crippen LogP contribution in [-0.2, 0) is 0 Å². The molecular formula is C12H12ClF3N2O2. The van der Waals surface area contributed by atoms with Crippen LogP contribution in [0.15, 0.2) is 18.5 Å². The zero-order valence-corrected chi connectivity index (χ0v) is 11.1. The van der Waals surface area contributed by atoms with Gasteiger partial charge in [0.1, 0.15) is 0 Å². The number of halogens is 4. The molecule has 110 valence electrons. The molecule has 1 fully saturated rings. The summed E-state index contributed by atoms with van der Waals surface area (Å²) in [6.45, 7) is -0.346. The number of hydrogen-bond donors (Lipinski definition) is 1. The first-order valence-corrected chi connectivity index (χ1v) is 6.30. The van der Waals surface area contributed by atoms with E-state index in [0.717, 1.165) is 0 Å². The van der Waals surface area contributed by atoms with E-state index in [-0.39, 0.29) is 23.7 Å². The first-order valence-electron chi connectivity index (χ1n) is 5.92. The van der Waals surface area contributed by atoms with Gasteiger partial charge < -0.3 is 10.0 Å². The van der Waals surface area contributed by atoms with Crippen molar-refractivity contribution in [3.05, 3.63) is 29.0 Å². The summed E-state index contributed by atoms with van der Waals surface area (Å²) in [5.41, 5.74) is -2.52. The van der Waals surface area contributed by atoms with E-state index < -0.39 is 30.5 Å². The zero-order chi connectivity index (χ0) is 15.0. The van der Waals surface area contributed by atoms with Crippen molar-refractivity contribution in [1.82, 2.24) is 9.88 Å². The van der Waals surface area contributed by atoms with E-state index in [2.05, 4.69) is 4.98 Å². The fourth-order valence-corrected chi connectivity index (χ4v) is 2.28. The highest BCUT2D eigenvalue weighted by molar-refractivity contribution is 6.33. The normalized spacial score (nSPS) is 18.9. The van der Waals surface area contributed by atoms with E-state index in [1.165, 1.54) is 23.4 Å². The summed E-state index contributed by atoms with van der Waals surface area (Å²) in [5, 5.41) is 9.68. The Kier molecular flexibility index (Phi) is 3.93. The molecule has 0 atom stereocenters. The number of pyridine rings is 1. The first-order chi connectivity index (χ1) is 9.24. The Balaban J connectivity index is 2.08. The third-order valence-corrected chi connectivity index (χ3v) is 3.71. The predicted octanol–water partition coefficient (Wildman–Crippen LogP) is 2.26. The number of amides is 1. The summed E-state index contributed by atoms with van der Waals surface area (Å²) in [7, 11) is 0. The molecule has 0 spiro atoms. The molecule has 0 unspecified atom stereocenters. The van der Waals surface area contributed by atoms with Crippen molar-refractivity contribution >= 4 is 17.5 Å². The van der Waals surface area contributed by atoms with E-state index in [9.17, 15) is 23.1 Å². The van der Waals surface area contributed by atoms with E-state index in [4.69, 9.17) is 11.6 Å². The third kappa shape index (κ3) is 2.73. The van der Waals surface area contributed by atoms with Gasteiger partial charge in [0.2, 0.25) is 0 Å². The number of likely N-dealkylation sites (tertiary alicyclic amines) is 1. The van der Waals surface area contributed by atoms with Crippen LogP contribution < -0.4 is 0 Å². The van der Waals surface area contributed by atoms with Crippen molar-refractivity contribution in [2.24, 2.45) is 0 Å². The van der Waals surface area contributed by atoms with Crippen LogP contribution in [0.3, 0.4) is 0 Å².